The number of aromatic nitrogens is 1. The molecule has 7 heteroatoms. The van der Waals surface area contributed by atoms with Gasteiger partial charge in [0.15, 0.2) is 0 Å². The number of hydrogen-bond acceptors (Lipinski definition) is 5. The molecule has 0 unspecified atom stereocenters. The number of anilines is 2. The second-order valence-corrected chi connectivity index (χ2v) is 5.63. The Morgan fingerprint density at radius 1 is 1.16 bits per heavy atom. The minimum atomic E-state index is -0.102. The van der Waals surface area contributed by atoms with Gasteiger partial charge in [-0.05, 0) is 26.0 Å². The van der Waals surface area contributed by atoms with Crippen LogP contribution in [0.4, 0.5) is 11.4 Å². The van der Waals surface area contributed by atoms with Gasteiger partial charge in [0.05, 0.1) is 24.9 Å². The van der Waals surface area contributed by atoms with Crippen LogP contribution in [0.5, 0.6) is 11.5 Å². The summed E-state index contributed by atoms with van der Waals surface area (Å²) < 4.78 is 10.6. The largest absolute Gasteiger partial charge is 0.495 e. The van der Waals surface area contributed by atoms with Crippen LogP contribution in [0.3, 0.4) is 0 Å². The minimum Gasteiger partial charge on any atom is -0.495 e. The molecule has 0 spiro atoms. The maximum Gasteiger partial charge on any atom is 0.272 e. The van der Waals surface area contributed by atoms with Crippen LogP contribution in [0.25, 0.3) is 0 Å². The number of pyridine rings is 1. The third-order valence-corrected chi connectivity index (χ3v) is 4.08. The average Bonchev–Trinajstić information content (AvgIpc) is 2.63. The van der Waals surface area contributed by atoms with E-state index in [1.54, 1.807) is 49.6 Å². The molecule has 0 saturated heterocycles. The Kier molecular flexibility index (Phi) is 6.47. The molecule has 1 heterocycles. The van der Waals surface area contributed by atoms with Gasteiger partial charge >= 0.3 is 0 Å². The molecule has 1 amide bonds. The van der Waals surface area contributed by atoms with Crippen molar-refractivity contribution in [2.24, 2.45) is 0 Å². The van der Waals surface area contributed by atoms with Crippen LogP contribution in [0, 0.1) is 0 Å². The summed E-state index contributed by atoms with van der Waals surface area (Å²) in [4.78, 5) is 18.4. The Balaban J connectivity index is 2.32. The molecule has 0 aliphatic carbocycles. The van der Waals surface area contributed by atoms with E-state index in [1.807, 2.05) is 13.8 Å². The molecule has 134 valence electrons. The van der Waals surface area contributed by atoms with Crippen LogP contribution >= 0.6 is 11.6 Å². The lowest BCUT2D eigenvalue weighted by Crippen LogP contribution is -2.31. The Morgan fingerprint density at radius 3 is 2.44 bits per heavy atom. The van der Waals surface area contributed by atoms with Crippen molar-refractivity contribution >= 4 is 28.9 Å². The van der Waals surface area contributed by atoms with E-state index in [4.69, 9.17) is 21.1 Å². The van der Waals surface area contributed by atoms with E-state index in [9.17, 15) is 4.79 Å². The number of amides is 1. The molecule has 0 aliphatic rings. The number of benzene rings is 1. The third-order valence-electron chi connectivity index (χ3n) is 3.78. The molecule has 0 bridgehead atoms. The summed E-state index contributed by atoms with van der Waals surface area (Å²) in [6.07, 6.45) is 1.60. The summed E-state index contributed by atoms with van der Waals surface area (Å²) in [5.41, 5.74) is 1.78. The van der Waals surface area contributed by atoms with Gasteiger partial charge in [-0.3, -0.25) is 9.78 Å². The third kappa shape index (κ3) is 4.33. The molecule has 1 N–H and O–H groups in total. The number of ether oxygens (including phenoxy) is 2. The standard InChI is InChI=1S/C18H22ClN3O3/c1-5-22(6-2)18(23)15-9-12(7-8-20-15)21-14-11-16(24-3)13(19)10-17(14)25-4/h7-11H,5-6H2,1-4H3,(H,20,21). The number of nitrogens with zero attached hydrogens (tertiary/aromatic N) is 2. The van der Waals surface area contributed by atoms with Crippen molar-refractivity contribution in [3.8, 4) is 11.5 Å². The molecular weight excluding hydrogens is 342 g/mol. The van der Waals surface area contributed by atoms with Crippen LogP contribution < -0.4 is 14.8 Å². The number of nitrogens with one attached hydrogen (secondary N) is 1. The van der Waals surface area contributed by atoms with E-state index in [-0.39, 0.29) is 5.91 Å². The minimum absolute atomic E-state index is 0.102. The lowest BCUT2D eigenvalue weighted by atomic mass is 10.2. The number of rotatable bonds is 7. The van der Waals surface area contributed by atoms with E-state index < -0.39 is 0 Å². The van der Waals surface area contributed by atoms with Crippen molar-refractivity contribution in [3.05, 3.63) is 41.2 Å². The van der Waals surface area contributed by atoms with Gasteiger partial charge < -0.3 is 19.7 Å². The zero-order valence-corrected chi connectivity index (χ0v) is 15.6. The molecule has 0 fully saturated rings. The zero-order chi connectivity index (χ0) is 18.4. The van der Waals surface area contributed by atoms with Gasteiger partial charge in [-0.1, -0.05) is 11.6 Å². The fourth-order valence-electron chi connectivity index (χ4n) is 2.41. The molecule has 25 heavy (non-hydrogen) atoms. The molecule has 0 saturated carbocycles. The van der Waals surface area contributed by atoms with Gasteiger partial charge in [0.2, 0.25) is 0 Å². The molecule has 1 aromatic carbocycles. The van der Waals surface area contributed by atoms with Gasteiger partial charge in [0.1, 0.15) is 17.2 Å². The predicted octanol–water partition coefficient (Wildman–Crippen LogP) is 3.98. The summed E-state index contributed by atoms with van der Waals surface area (Å²) >= 11 is 6.12. The van der Waals surface area contributed by atoms with Crippen LogP contribution in [-0.2, 0) is 0 Å². The van der Waals surface area contributed by atoms with Crippen LogP contribution in [0.1, 0.15) is 24.3 Å². The highest BCUT2D eigenvalue weighted by Crippen LogP contribution is 2.37. The summed E-state index contributed by atoms with van der Waals surface area (Å²) in [7, 11) is 3.11. The SMILES string of the molecule is CCN(CC)C(=O)c1cc(Nc2cc(OC)c(Cl)cc2OC)ccn1. The van der Waals surface area contributed by atoms with Crippen molar-refractivity contribution in [2.45, 2.75) is 13.8 Å². The van der Waals surface area contributed by atoms with Gasteiger partial charge in [0.25, 0.3) is 5.91 Å². The van der Waals surface area contributed by atoms with E-state index in [0.717, 1.165) is 0 Å². The van der Waals surface area contributed by atoms with Gasteiger partial charge in [-0.15, -0.1) is 0 Å². The van der Waals surface area contributed by atoms with E-state index in [1.165, 1.54) is 0 Å². The highest BCUT2D eigenvalue weighted by Gasteiger charge is 2.15. The average molecular weight is 364 g/mol. The fourth-order valence-corrected chi connectivity index (χ4v) is 2.64. The lowest BCUT2D eigenvalue weighted by Gasteiger charge is -2.18. The second-order valence-electron chi connectivity index (χ2n) is 5.22. The molecule has 1 aromatic heterocycles. The summed E-state index contributed by atoms with van der Waals surface area (Å²) in [6.45, 7) is 5.15. The van der Waals surface area contributed by atoms with Gasteiger partial charge in [-0.25, -0.2) is 0 Å². The van der Waals surface area contributed by atoms with E-state index in [0.29, 0.717) is 46.7 Å². The van der Waals surface area contributed by atoms with E-state index >= 15 is 0 Å². The van der Waals surface area contributed by atoms with Crippen molar-refractivity contribution in [1.29, 1.82) is 0 Å². The van der Waals surface area contributed by atoms with Crippen LogP contribution in [0.15, 0.2) is 30.5 Å². The number of carbonyl (C=O) groups excluding carboxylic acids is 1. The van der Waals surface area contributed by atoms with Crippen molar-refractivity contribution in [2.75, 3.05) is 32.6 Å². The molecule has 2 aromatic rings. The van der Waals surface area contributed by atoms with E-state index in [2.05, 4.69) is 10.3 Å². The first-order valence-electron chi connectivity index (χ1n) is 7.97. The van der Waals surface area contributed by atoms with Crippen molar-refractivity contribution < 1.29 is 14.3 Å². The zero-order valence-electron chi connectivity index (χ0n) is 14.8. The molecule has 2 rings (SSSR count). The highest BCUT2D eigenvalue weighted by atomic mass is 35.5. The number of methoxy groups -OCH3 is 2. The molecule has 6 nitrogen and oxygen atoms in total. The van der Waals surface area contributed by atoms with Gasteiger partial charge in [-0.2, -0.15) is 0 Å². The Hall–Kier alpha value is -2.47. The smallest absolute Gasteiger partial charge is 0.272 e. The first-order chi connectivity index (χ1) is 12.0. The predicted molar refractivity (Wildman–Crippen MR) is 99.3 cm³/mol. The van der Waals surface area contributed by atoms with Crippen molar-refractivity contribution in [1.82, 2.24) is 9.88 Å². The quantitative estimate of drug-likeness (QED) is 0.806. The maximum atomic E-state index is 12.5. The number of halogens is 1. The first-order valence-corrected chi connectivity index (χ1v) is 8.35. The lowest BCUT2D eigenvalue weighted by molar-refractivity contribution is 0.0767. The van der Waals surface area contributed by atoms with Gasteiger partial charge in [0, 0.05) is 37.1 Å². The first kappa shape index (κ1) is 18.9. The topological polar surface area (TPSA) is 63.7 Å². The summed E-state index contributed by atoms with van der Waals surface area (Å²) in [5, 5.41) is 3.68. The summed E-state index contributed by atoms with van der Waals surface area (Å²) in [6, 6.07) is 6.90. The Labute approximate surface area is 152 Å². The number of carbonyl (C=O) groups is 1. The van der Waals surface area contributed by atoms with Crippen LogP contribution in [0.2, 0.25) is 5.02 Å². The highest BCUT2D eigenvalue weighted by molar-refractivity contribution is 6.32. The fraction of sp³-hybridized carbons (Fsp3) is 0.333. The Morgan fingerprint density at radius 2 is 1.84 bits per heavy atom. The monoisotopic (exact) mass is 363 g/mol. The number of hydrogen-bond donors (Lipinski definition) is 1. The molecular formula is C18H22ClN3O3. The normalized spacial score (nSPS) is 10.3. The Bertz CT molecular complexity index is 748. The molecule has 0 radical (unpaired) electrons. The van der Waals surface area contributed by atoms with Crippen LogP contribution in [-0.4, -0.2) is 43.1 Å². The molecule has 0 atom stereocenters. The second kappa shape index (κ2) is 8.58. The maximum absolute atomic E-state index is 12.5. The van der Waals surface area contributed by atoms with Crippen molar-refractivity contribution in [3.63, 3.8) is 0 Å². The molecule has 0 aliphatic heterocycles. The summed E-state index contributed by atoms with van der Waals surface area (Å²) in [5.74, 6) is 0.993.